The number of epoxide rings is 1. The van der Waals surface area contributed by atoms with Crippen molar-refractivity contribution >= 4 is 12.0 Å². The van der Waals surface area contributed by atoms with Gasteiger partial charge in [-0.15, -0.1) is 0 Å². The summed E-state index contributed by atoms with van der Waals surface area (Å²) >= 11 is 0. The van der Waals surface area contributed by atoms with Gasteiger partial charge in [0.1, 0.15) is 42.7 Å². The number of hydrogen-bond donors (Lipinski definition) is 6. The molecule has 1 aromatic carbocycles. The van der Waals surface area contributed by atoms with Crippen molar-refractivity contribution in [2.24, 2.45) is 11.8 Å². The van der Waals surface area contributed by atoms with Crippen molar-refractivity contribution in [2.75, 3.05) is 20.3 Å². The summed E-state index contributed by atoms with van der Waals surface area (Å²) in [5.41, 5.74) is -0.607. The second-order valence-electron chi connectivity index (χ2n) is 9.63. The molecule has 1 saturated carbocycles. The predicted molar refractivity (Wildman–Crippen MR) is 124 cm³/mol. The number of ether oxygens (including phenoxy) is 6. The van der Waals surface area contributed by atoms with E-state index in [1.165, 1.54) is 31.6 Å². The lowest BCUT2D eigenvalue weighted by molar-refractivity contribution is -0.344. The van der Waals surface area contributed by atoms with Crippen molar-refractivity contribution < 1.29 is 63.9 Å². The monoisotopic (exact) mass is 538 g/mol. The molecule has 0 bridgehead atoms. The number of aromatic hydroxyl groups is 1. The average Bonchev–Trinajstić information content (AvgIpc) is 3.60. The van der Waals surface area contributed by atoms with Crippen LogP contribution in [0.2, 0.25) is 0 Å². The molecule has 1 aromatic rings. The number of benzene rings is 1. The largest absolute Gasteiger partial charge is 0.504 e. The minimum Gasteiger partial charge on any atom is -0.504 e. The van der Waals surface area contributed by atoms with Crippen LogP contribution < -0.4 is 4.74 Å². The van der Waals surface area contributed by atoms with Gasteiger partial charge in [0.25, 0.3) is 0 Å². The molecule has 3 fully saturated rings. The molecule has 3 aliphatic heterocycles. The van der Waals surface area contributed by atoms with Crippen LogP contribution in [0.4, 0.5) is 0 Å². The highest BCUT2D eigenvalue weighted by Gasteiger charge is 2.76. The molecule has 1 aliphatic carbocycles. The van der Waals surface area contributed by atoms with Gasteiger partial charge in [-0.05, 0) is 29.8 Å². The fourth-order valence-corrected chi connectivity index (χ4v) is 5.36. The van der Waals surface area contributed by atoms with Crippen molar-refractivity contribution in [3.63, 3.8) is 0 Å². The minimum absolute atomic E-state index is 0.0853. The zero-order chi connectivity index (χ0) is 27.2. The second-order valence-corrected chi connectivity index (χ2v) is 9.63. The van der Waals surface area contributed by atoms with Gasteiger partial charge in [-0.1, -0.05) is 6.07 Å². The molecule has 208 valence electrons. The molecular weight excluding hydrogens is 508 g/mol. The first-order valence-electron chi connectivity index (χ1n) is 12.1. The minimum atomic E-state index is -1.65. The van der Waals surface area contributed by atoms with Crippen LogP contribution in [0.1, 0.15) is 5.56 Å². The van der Waals surface area contributed by atoms with Gasteiger partial charge in [-0.2, -0.15) is 0 Å². The van der Waals surface area contributed by atoms with Gasteiger partial charge >= 0.3 is 5.97 Å². The standard InChI is InChI=1S/C25H30O13/c1-33-14-4-2-11(8-13(14)27)3-5-16(28)35-10-25-17-12(18(29)22(25)38-25)6-7-34-23(17)37-24-21(32)20(31)19(30)15(9-26)36-24/h2-8,12,15,17-24,26-27,29-32H,9-10H2,1H3. The Bertz CT molecular complexity index is 1090. The third-order valence-electron chi connectivity index (χ3n) is 7.43. The molecule has 0 aromatic heterocycles. The molecule has 13 nitrogen and oxygen atoms in total. The van der Waals surface area contributed by atoms with Gasteiger partial charge in [-0.25, -0.2) is 4.79 Å². The maximum absolute atomic E-state index is 12.4. The lowest BCUT2D eigenvalue weighted by atomic mass is 9.85. The zero-order valence-electron chi connectivity index (χ0n) is 20.3. The highest BCUT2D eigenvalue weighted by Crippen LogP contribution is 2.60. The first-order valence-corrected chi connectivity index (χ1v) is 12.1. The van der Waals surface area contributed by atoms with Crippen molar-refractivity contribution in [3.8, 4) is 11.5 Å². The Hall–Kier alpha value is -2.75. The SMILES string of the molecule is COc1ccc(C=CC(=O)OCC23OC2C(O)C2C=COC(OC4OC(CO)C(O)C(O)C4O)C23)cc1O. The summed E-state index contributed by atoms with van der Waals surface area (Å²) in [7, 11) is 1.42. The summed E-state index contributed by atoms with van der Waals surface area (Å²) in [6.45, 7) is -0.867. The van der Waals surface area contributed by atoms with Crippen LogP contribution in [0, 0.1) is 11.8 Å². The molecule has 0 radical (unpaired) electrons. The van der Waals surface area contributed by atoms with Crippen molar-refractivity contribution in [1.29, 1.82) is 0 Å². The molecule has 5 rings (SSSR count). The predicted octanol–water partition coefficient (Wildman–Crippen LogP) is -1.61. The molecule has 11 atom stereocenters. The van der Waals surface area contributed by atoms with Crippen molar-refractivity contribution in [3.05, 3.63) is 42.2 Å². The Kier molecular flexibility index (Phi) is 7.37. The molecular formula is C25H30O13. The van der Waals surface area contributed by atoms with Crippen molar-refractivity contribution in [1.82, 2.24) is 0 Å². The number of aliphatic hydroxyl groups is 5. The Morgan fingerprint density at radius 2 is 1.89 bits per heavy atom. The highest BCUT2D eigenvalue weighted by atomic mass is 16.8. The quantitative estimate of drug-likeness (QED) is 0.126. The van der Waals surface area contributed by atoms with E-state index in [0.29, 0.717) is 11.3 Å². The molecule has 3 heterocycles. The summed E-state index contributed by atoms with van der Waals surface area (Å²) in [4.78, 5) is 12.4. The number of phenolic OH excluding ortho intramolecular Hbond substituents is 1. The first kappa shape index (κ1) is 26.8. The lowest BCUT2D eigenvalue weighted by Gasteiger charge is -2.43. The van der Waals surface area contributed by atoms with Crippen LogP contribution in [-0.4, -0.2) is 112 Å². The van der Waals surface area contributed by atoms with Crippen molar-refractivity contribution in [2.45, 2.75) is 54.8 Å². The molecule has 11 unspecified atom stereocenters. The number of rotatable bonds is 8. The Balaban J connectivity index is 1.26. The molecule has 0 amide bonds. The van der Waals surface area contributed by atoms with Crippen LogP contribution in [0.15, 0.2) is 36.6 Å². The van der Waals surface area contributed by atoms with E-state index in [9.17, 15) is 35.4 Å². The second kappa shape index (κ2) is 10.4. The summed E-state index contributed by atoms with van der Waals surface area (Å²) in [5.74, 6) is -1.66. The Labute approximate surface area is 217 Å². The summed E-state index contributed by atoms with van der Waals surface area (Å²) in [6.07, 6.45) is -4.67. The van der Waals surface area contributed by atoms with E-state index in [1.807, 2.05) is 0 Å². The van der Waals surface area contributed by atoms with E-state index in [0.717, 1.165) is 0 Å². The third kappa shape index (κ3) is 4.65. The molecule has 6 N–H and O–H groups in total. The Morgan fingerprint density at radius 3 is 2.61 bits per heavy atom. The van der Waals surface area contributed by atoms with Crippen LogP contribution in [0.3, 0.4) is 0 Å². The maximum Gasteiger partial charge on any atom is 0.330 e. The summed E-state index contributed by atoms with van der Waals surface area (Å²) in [5, 5.41) is 60.5. The summed E-state index contributed by atoms with van der Waals surface area (Å²) < 4.78 is 33.0. The molecule has 4 aliphatic rings. The van der Waals surface area contributed by atoms with E-state index in [4.69, 9.17) is 28.4 Å². The zero-order valence-corrected chi connectivity index (χ0v) is 20.3. The summed E-state index contributed by atoms with van der Waals surface area (Å²) in [6, 6.07) is 4.62. The number of aliphatic hydroxyl groups excluding tert-OH is 5. The number of phenols is 1. The van der Waals surface area contributed by atoms with Gasteiger partial charge in [-0.3, -0.25) is 0 Å². The molecule has 13 heteroatoms. The average molecular weight is 539 g/mol. The fraction of sp³-hybridized carbons (Fsp3) is 0.560. The maximum atomic E-state index is 12.4. The first-order chi connectivity index (χ1) is 18.2. The lowest BCUT2D eigenvalue weighted by Crippen LogP contribution is -2.60. The van der Waals surface area contributed by atoms with E-state index in [1.54, 1.807) is 18.2 Å². The number of fused-ring (bicyclic) bond motifs is 3. The Morgan fingerprint density at radius 1 is 1.11 bits per heavy atom. The van der Waals surface area contributed by atoms with E-state index in [2.05, 4.69) is 0 Å². The smallest absolute Gasteiger partial charge is 0.330 e. The molecule has 0 spiro atoms. The highest BCUT2D eigenvalue weighted by molar-refractivity contribution is 5.87. The normalized spacial score (nSPS) is 41.3. The van der Waals surface area contributed by atoms with Crippen LogP contribution in [-0.2, 0) is 28.5 Å². The number of carbonyl (C=O) groups is 1. The number of hydrogen-bond acceptors (Lipinski definition) is 13. The van der Waals surface area contributed by atoms with Gasteiger partial charge < -0.3 is 59.1 Å². The van der Waals surface area contributed by atoms with Gasteiger partial charge in [0.15, 0.2) is 17.8 Å². The van der Waals surface area contributed by atoms with Crippen LogP contribution in [0.5, 0.6) is 11.5 Å². The van der Waals surface area contributed by atoms with E-state index in [-0.39, 0.29) is 12.4 Å². The number of esters is 1. The number of carbonyl (C=O) groups excluding carboxylic acids is 1. The van der Waals surface area contributed by atoms with Crippen LogP contribution >= 0.6 is 0 Å². The third-order valence-corrected chi connectivity index (χ3v) is 7.43. The van der Waals surface area contributed by atoms with Gasteiger partial charge in [0.2, 0.25) is 6.29 Å². The molecule has 2 saturated heterocycles. The van der Waals surface area contributed by atoms with E-state index >= 15 is 0 Å². The van der Waals surface area contributed by atoms with Crippen LogP contribution in [0.25, 0.3) is 6.08 Å². The number of methoxy groups -OCH3 is 1. The topological polar surface area (TPSA) is 197 Å². The van der Waals surface area contributed by atoms with E-state index < -0.39 is 79.2 Å². The fourth-order valence-electron chi connectivity index (χ4n) is 5.36. The van der Waals surface area contributed by atoms with Gasteiger partial charge in [0, 0.05) is 12.0 Å². The van der Waals surface area contributed by atoms with Gasteiger partial charge in [0.05, 0.1) is 32.0 Å². The molecule has 38 heavy (non-hydrogen) atoms.